The predicted octanol–water partition coefficient (Wildman–Crippen LogP) is 2.14. The Morgan fingerprint density at radius 1 is 1.46 bits per heavy atom. The topological polar surface area (TPSA) is 12.5 Å². The van der Waals surface area contributed by atoms with E-state index in [9.17, 15) is 0 Å². The van der Waals surface area contributed by atoms with Crippen LogP contribution in [0.4, 0.5) is 0 Å². The Bertz CT molecular complexity index is 136. The van der Waals surface area contributed by atoms with Crippen molar-refractivity contribution >= 4 is 0 Å². The monoisotopic (exact) mass is 185 g/mol. The molecule has 78 valence electrons. The zero-order valence-electron chi connectivity index (χ0n) is 9.25. The van der Waals surface area contributed by atoms with Crippen LogP contribution in [-0.2, 0) is 4.74 Å². The molecule has 0 aromatic heterocycles. The van der Waals surface area contributed by atoms with Gasteiger partial charge in [-0.05, 0) is 32.2 Å². The Kier molecular flexibility index (Phi) is 4.74. The summed E-state index contributed by atoms with van der Waals surface area (Å²) in [5.41, 5.74) is 0. The average Bonchev–Trinajstić information content (AvgIpc) is 2.27. The van der Waals surface area contributed by atoms with Crippen molar-refractivity contribution in [2.45, 2.75) is 39.7 Å². The summed E-state index contributed by atoms with van der Waals surface area (Å²) in [6, 6.07) is 0.612. The van der Waals surface area contributed by atoms with Gasteiger partial charge >= 0.3 is 0 Å². The number of ether oxygens (including phenoxy) is 1. The summed E-state index contributed by atoms with van der Waals surface area (Å²) in [6.07, 6.45) is 2.51. The van der Waals surface area contributed by atoms with E-state index < -0.39 is 0 Å². The van der Waals surface area contributed by atoms with Crippen LogP contribution in [0.25, 0.3) is 0 Å². The summed E-state index contributed by atoms with van der Waals surface area (Å²) in [5.74, 6) is 0.816. The van der Waals surface area contributed by atoms with Gasteiger partial charge in [-0.25, -0.2) is 0 Å². The third-order valence-electron chi connectivity index (χ3n) is 2.71. The molecule has 1 unspecified atom stereocenters. The minimum atomic E-state index is 0.612. The van der Waals surface area contributed by atoms with Crippen molar-refractivity contribution in [3.05, 3.63) is 0 Å². The fraction of sp³-hybridized carbons (Fsp3) is 1.00. The summed E-state index contributed by atoms with van der Waals surface area (Å²) in [5, 5.41) is 0. The molecule has 2 heteroatoms. The van der Waals surface area contributed by atoms with Crippen molar-refractivity contribution in [1.29, 1.82) is 0 Å². The molecular weight excluding hydrogens is 162 g/mol. The minimum absolute atomic E-state index is 0.612. The van der Waals surface area contributed by atoms with E-state index in [1.54, 1.807) is 0 Å². The average molecular weight is 185 g/mol. The van der Waals surface area contributed by atoms with Gasteiger partial charge < -0.3 is 4.74 Å². The number of hydrogen-bond donors (Lipinski definition) is 0. The van der Waals surface area contributed by atoms with E-state index in [1.165, 1.54) is 25.9 Å². The summed E-state index contributed by atoms with van der Waals surface area (Å²) < 4.78 is 5.50. The fourth-order valence-electron chi connectivity index (χ4n) is 1.71. The van der Waals surface area contributed by atoms with Gasteiger partial charge in [-0.3, -0.25) is 4.90 Å². The van der Waals surface area contributed by atoms with Gasteiger partial charge in [0.2, 0.25) is 0 Å². The first-order valence-corrected chi connectivity index (χ1v) is 5.52. The smallest absolute Gasteiger partial charge is 0.0619 e. The van der Waals surface area contributed by atoms with Crippen LogP contribution >= 0.6 is 0 Å². The van der Waals surface area contributed by atoms with E-state index in [4.69, 9.17) is 4.74 Å². The van der Waals surface area contributed by atoms with Crippen LogP contribution < -0.4 is 0 Å². The second kappa shape index (κ2) is 5.61. The van der Waals surface area contributed by atoms with Crippen LogP contribution in [0.1, 0.15) is 33.6 Å². The van der Waals surface area contributed by atoms with Gasteiger partial charge in [0.1, 0.15) is 0 Å². The van der Waals surface area contributed by atoms with Gasteiger partial charge in [-0.1, -0.05) is 13.8 Å². The van der Waals surface area contributed by atoms with Crippen LogP contribution in [0.2, 0.25) is 0 Å². The van der Waals surface area contributed by atoms with E-state index >= 15 is 0 Å². The molecule has 1 atom stereocenters. The highest BCUT2D eigenvalue weighted by molar-refractivity contribution is 4.70. The van der Waals surface area contributed by atoms with Gasteiger partial charge in [0.25, 0.3) is 0 Å². The maximum Gasteiger partial charge on any atom is 0.0619 e. The molecule has 0 aromatic carbocycles. The van der Waals surface area contributed by atoms with Crippen molar-refractivity contribution in [3.8, 4) is 0 Å². The number of nitrogens with zero attached hydrogens (tertiary/aromatic N) is 1. The van der Waals surface area contributed by atoms with Gasteiger partial charge in [-0.2, -0.15) is 0 Å². The third kappa shape index (κ3) is 4.10. The second-order valence-corrected chi connectivity index (χ2v) is 4.50. The lowest BCUT2D eigenvalue weighted by molar-refractivity contribution is 0.106. The van der Waals surface area contributed by atoms with E-state index in [1.807, 2.05) is 0 Å². The van der Waals surface area contributed by atoms with E-state index in [-0.39, 0.29) is 0 Å². The Morgan fingerprint density at radius 3 is 2.92 bits per heavy atom. The molecule has 0 bridgehead atoms. The molecule has 0 spiro atoms. The molecule has 1 aliphatic heterocycles. The Labute approximate surface area is 82.3 Å². The Morgan fingerprint density at radius 2 is 2.23 bits per heavy atom. The van der Waals surface area contributed by atoms with Crippen LogP contribution in [0.15, 0.2) is 0 Å². The number of hydrogen-bond acceptors (Lipinski definition) is 2. The maximum atomic E-state index is 5.50. The predicted molar refractivity (Wildman–Crippen MR) is 55.9 cm³/mol. The van der Waals surface area contributed by atoms with Crippen molar-refractivity contribution < 1.29 is 4.74 Å². The molecule has 1 saturated heterocycles. The van der Waals surface area contributed by atoms with Gasteiger partial charge in [0.15, 0.2) is 0 Å². The second-order valence-electron chi connectivity index (χ2n) is 4.50. The largest absolute Gasteiger partial charge is 0.380 e. The lowest BCUT2D eigenvalue weighted by atomic mass is 10.1. The van der Waals surface area contributed by atoms with E-state index in [0.29, 0.717) is 6.04 Å². The maximum absolute atomic E-state index is 5.50. The molecule has 1 rings (SSSR count). The van der Waals surface area contributed by atoms with Crippen molar-refractivity contribution in [2.24, 2.45) is 5.92 Å². The first kappa shape index (κ1) is 11.0. The van der Waals surface area contributed by atoms with Gasteiger partial charge in [0.05, 0.1) is 6.61 Å². The molecule has 0 aromatic rings. The highest BCUT2D eigenvalue weighted by Gasteiger charge is 2.16. The minimum Gasteiger partial charge on any atom is -0.380 e. The van der Waals surface area contributed by atoms with E-state index in [2.05, 4.69) is 25.7 Å². The molecule has 1 aliphatic rings. The summed E-state index contributed by atoms with van der Waals surface area (Å²) >= 11 is 0. The van der Waals surface area contributed by atoms with Crippen LogP contribution in [0, 0.1) is 5.92 Å². The lowest BCUT2D eigenvalue weighted by Crippen LogP contribution is -2.36. The molecule has 0 N–H and O–H groups in total. The van der Waals surface area contributed by atoms with Crippen LogP contribution in [0.3, 0.4) is 0 Å². The van der Waals surface area contributed by atoms with Gasteiger partial charge in [0, 0.05) is 19.2 Å². The first-order chi connectivity index (χ1) is 6.20. The van der Waals surface area contributed by atoms with Crippen LogP contribution in [0.5, 0.6) is 0 Å². The molecule has 1 heterocycles. The standard InChI is InChI=1S/C11H23NO/c1-10(2)5-7-12-6-4-8-13-9-11(12)3/h10-11H,4-9H2,1-3H3. The molecule has 0 aliphatic carbocycles. The summed E-state index contributed by atoms with van der Waals surface area (Å²) in [7, 11) is 0. The first-order valence-electron chi connectivity index (χ1n) is 5.52. The zero-order valence-corrected chi connectivity index (χ0v) is 9.25. The Hall–Kier alpha value is -0.0800. The lowest BCUT2D eigenvalue weighted by Gasteiger charge is -2.26. The van der Waals surface area contributed by atoms with Crippen molar-refractivity contribution in [3.63, 3.8) is 0 Å². The summed E-state index contributed by atoms with van der Waals surface area (Å²) in [4.78, 5) is 2.56. The zero-order chi connectivity index (χ0) is 9.68. The molecule has 1 fully saturated rings. The van der Waals surface area contributed by atoms with Crippen LogP contribution in [-0.4, -0.2) is 37.2 Å². The molecule has 13 heavy (non-hydrogen) atoms. The molecular formula is C11H23NO. The molecule has 0 saturated carbocycles. The highest BCUT2D eigenvalue weighted by atomic mass is 16.5. The molecule has 2 nitrogen and oxygen atoms in total. The summed E-state index contributed by atoms with van der Waals surface area (Å²) in [6.45, 7) is 11.2. The third-order valence-corrected chi connectivity index (χ3v) is 2.71. The van der Waals surface area contributed by atoms with Crippen molar-refractivity contribution in [1.82, 2.24) is 4.90 Å². The van der Waals surface area contributed by atoms with Gasteiger partial charge in [-0.15, -0.1) is 0 Å². The highest BCUT2D eigenvalue weighted by Crippen LogP contribution is 2.10. The normalized spacial score (nSPS) is 26.3. The van der Waals surface area contributed by atoms with Crippen molar-refractivity contribution in [2.75, 3.05) is 26.3 Å². The molecule has 0 amide bonds. The Balaban J connectivity index is 2.27. The quantitative estimate of drug-likeness (QED) is 0.668. The fourth-order valence-corrected chi connectivity index (χ4v) is 1.71. The molecule has 0 radical (unpaired) electrons. The van der Waals surface area contributed by atoms with E-state index in [0.717, 1.165) is 19.1 Å². The SMILES string of the molecule is CC(C)CCN1CCCOCC1C. The number of rotatable bonds is 3.